The van der Waals surface area contributed by atoms with Gasteiger partial charge < -0.3 is 10.1 Å². The zero-order valence-corrected chi connectivity index (χ0v) is 13.9. The van der Waals surface area contributed by atoms with Gasteiger partial charge in [0.25, 0.3) is 0 Å². The van der Waals surface area contributed by atoms with Crippen molar-refractivity contribution >= 4 is 23.2 Å². The second-order valence-corrected chi connectivity index (χ2v) is 5.87. The van der Waals surface area contributed by atoms with Crippen LogP contribution in [0.5, 0.6) is 5.75 Å². The summed E-state index contributed by atoms with van der Waals surface area (Å²) in [6.07, 6.45) is 1.84. The Kier molecular flexibility index (Phi) is 3.85. The molecule has 0 saturated carbocycles. The first kappa shape index (κ1) is 15.6. The van der Waals surface area contributed by atoms with E-state index in [4.69, 9.17) is 16.3 Å². The minimum atomic E-state index is -0.568. The van der Waals surface area contributed by atoms with E-state index in [9.17, 15) is 4.39 Å². The topological polar surface area (TPSA) is 64.9 Å². The minimum absolute atomic E-state index is 0.314. The van der Waals surface area contributed by atoms with E-state index in [0.29, 0.717) is 22.3 Å². The monoisotopic (exact) mass is 357 g/mol. The van der Waals surface area contributed by atoms with Gasteiger partial charge in [0.1, 0.15) is 17.6 Å². The van der Waals surface area contributed by atoms with Crippen molar-refractivity contribution in [2.45, 2.75) is 6.04 Å². The molecule has 3 aromatic rings. The number of hydrogen-bond acceptors (Lipinski definition) is 5. The van der Waals surface area contributed by atoms with E-state index in [1.165, 1.54) is 10.7 Å². The van der Waals surface area contributed by atoms with Crippen molar-refractivity contribution in [3.05, 3.63) is 70.5 Å². The van der Waals surface area contributed by atoms with Gasteiger partial charge in [-0.15, -0.1) is 0 Å². The number of rotatable bonds is 3. The highest BCUT2D eigenvalue weighted by Crippen LogP contribution is 2.36. The summed E-state index contributed by atoms with van der Waals surface area (Å²) in [6, 6.07) is 11.5. The summed E-state index contributed by atoms with van der Waals surface area (Å²) in [5, 5.41) is 15.1. The van der Waals surface area contributed by atoms with Crippen LogP contribution in [0.15, 0.2) is 48.5 Å². The molecule has 1 N–H and O–H groups in total. The lowest BCUT2D eigenvalue weighted by Gasteiger charge is -2.24. The third kappa shape index (κ3) is 2.72. The van der Waals surface area contributed by atoms with Gasteiger partial charge in [0.15, 0.2) is 0 Å². The quantitative estimate of drug-likeness (QED) is 0.776. The standard InChI is InChI=1S/C17H13ClFN5O/c1-25-11-5-2-4-10(8-11)14-9-15(24-17(20-14)21-22-23-24)16-12(18)6-3-7-13(16)19/h2-9,15H,1H3,(H,20,21,23)/t15-/m1/s1. The molecule has 0 spiro atoms. The van der Waals surface area contributed by atoms with E-state index in [0.717, 1.165) is 11.3 Å². The fraction of sp³-hybridized carbons (Fsp3) is 0.118. The summed E-state index contributed by atoms with van der Waals surface area (Å²) in [4.78, 5) is 0. The van der Waals surface area contributed by atoms with E-state index in [2.05, 4.69) is 20.8 Å². The fourth-order valence-electron chi connectivity index (χ4n) is 2.81. The highest BCUT2D eigenvalue weighted by Gasteiger charge is 2.28. The second kappa shape index (κ2) is 6.18. The van der Waals surface area contributed by atoms with Crippen LogP contribution < -0.4 is 10.1 Å². The number of halogens is 2. The molecule has 0 radical (unpaired) electrons. The molecule has 0 unspecified atom stereocenters. The predicted octanol–water partition coefficient (Wildman–Crippen LogP) is 3.53. The highest BCUT2D eigenvalue weighted by molar-refractivity contribution is 6.31. The van der Waals surface area contributed by atoms with Crippen LogP contribution in [0.4, 0.5) is 10.3 Å². The van der Waals surface area contributed by atoms with Crippen molar-refractivity contribution in [1.82, 2.24) is 20.2 Å². The number of benzene rings is 2. The molecule has 8 heteroatoms. The lowest BCUT2D eigenvalue weighted by molar-refractivity contribution is 0.414. The Balaban J connectivity index is 1.86. The molecule has 0 saturated heterocycles. The van der Waals surface area contributed by atoms with Crippen molar-refractivity contribution in [3.63, 3.8) is 0 Å². The third-order valence-electron chi connectivity index (χ3n) is 4.00. The van der Waals surface area contributed by atoms with Crippen molar-refractivity contribution in [3.8, 4) is 5.75 Å². The summed E-state index contributed by atoms with van der Waals surface area (Å²) < 4.78 is 21.2. The lowest BCUT2D eigenvalue weighted by Crippen LogP contribution is -2.21. The van der Waals surface area contributed by atoms with E-state index >= 15 is 0 Å². The van der Waals surface area contributed by atoms with E-state index in [-0.39, 0.29) is 0 Å². The summed E-state index contributed by atoms with van der Waals surface area (Å²) in [5.41, 5.74) is 1.93. The van der Waals surface area contributed by atoms with Crippen LogP contribution in [-0.2, 0) is 0 Å². The molecule has 1 atom stereocenters. The summed E-state index contributed by atoms with van der Waals surface area (Å²) >= 11 is 6.25. The van der Waals surface area contributed by atoms with Crippen LogP contribution >= 0.6 is 11.6 Å². The maximum absolute atomic E-state index is 14.4. The molecular formula is C17H13ClFN5O. The molecule has 2 aromatic carbocycles. The van der Waals surface area contributed by atoms with E-state index in [1.807, 2.05) is 30.3 Å². The predicted molar refractivity (Wildman–Crippen MR) is 92.0 cm³/mol. The van der Waals surface area contributed by atoms with Crippen LogP contribution in [-0.4, -0.2) is 27.3 Å². The van der Waals surface area contributed by atoms with Crippen LogP contribution in [0.2, 0.25) is 5.02 Å². The Bertz CT molecular complexity index is 951. The molecule has 1 aromatic heterocycles. The molecule has 2 heterocycles. The fourth-order valence-corrected chi connectivity index (χ4v) is 3.09. The van der Waals surface area contributed by atoms with Crippen LogP contribution in [0.1, 0.15) is 17.2 Å². The number of aromatic nitrogens is 4. The molecular weight excluding hydrogens is 345 g/mol. The number of nitrogens with one attached hydrogen (secondary N) is 1. The number of tetrazole rings is 1. The Labute approximate surface area is 147 Å². The van der Waals surface area contributed by atoms with Gasteiger partial charge in [-0.3, -0.25) is 0 Å². The first-order valence-electron chi connectivity index (χ1n) is 7.52. The zero-order valence-electron chi connectivity index (χ0n) is 13.1. The smallest absolute Gasteiger partial charge is 0.248 e. The van der Waals surface area contributed by atoms with Crippen molar-refractivity contribution in [2.75, 3.05) is 12.4 Å². The van der Waals surface area contributed by atoms with Crippen LogP contribution in [0, 0.1) is 5.82 Å². The van der Waals surface area contributed by atoms with Crippen molar-refractivity contribution < 1.29 is 9.13 Å². The van der Waals surface area contributed by atoms with Gasteiger partial charge in [0.2, 0.25) is 5.95 Å². The SMILES string of the molecule is COc1cccc(C2=C[C@H](c3c(F)cccc3Cl)n3nnnc3N2)c1. The zero-order chi connectivity index (χ0) is 17.4. The molecule has 126 valence electrons. The Morgan fingerprint density at radius 1 is 1.24 bits per heavy atom. The van der Waals surface area contributed by atoms with Gasteiger partial charge in [0.05, 0.1) is 7.11 Å². The molecule has 25 heavy (non-hydrogen) atoms. The molecule has 0 amide bonds. The summed E-state index contributed by atoms with van der Waals surface area (Å²) in [6.45, 7) is 0. The number of nitrogens with zero attached hydrogens (tertiary/aromatic N) is 4. The molecule has 4 rings (SSSR count). The lowest BCUT2D eigenvalue weighted by atomic mass is 10.0. The normalized spacial score (nSPS) is 16.0. The van der Waals surface area contributed by atoms with Gasteiger partial charge in [-0.25, -0.2) is 4.39 Å². The third-order valence-corrected chi connectivity index (χ3v) is 4.33. The second-order valence-electron chi connectivity index (χ2n) is 5.46. The van der Waals surface area contributed by atoms with Crippen molar-refractivity contribution in [1.29, 1.82) is 0 Å². The number of fused-ring (bicyclic) bond motifs is 1. The van der Waals surface area contributed by atoms with E-state index in [1.54, 1.807) is 19.2 Å². The Hall–Kier alpha value is -2.93. The van der Waals surface area contributed by atoms with Gasteiger partial charge in [-0.2, -0.15) is 4.68 Å². The van der Waals surface area contributed by atoms with Crippen LogP contribution in [0.3, 0.4) is 0 Å². The maximum Gasteiger partial charge on any atom is 0.248 e. The summed E-state index contributed by atoms with van der Waals surface area (Å²) in [5.74, 6) is 0.706. The Morgan fingerprint density at radius 3 is 2.88 bits per heavy atom. The Morgan fingerprint density at radius 2 is 2.08 bits per heavy atom. The molecule has 0 fully saturated rings. The molecule has 0 aliphatic carbocycles. The van der Waals surface area contributed by atoms with E-state index < -0.39 is 11.9 Å². The highest BCUT2D eigenvalue weighted by atomic mass is 35.5. The molecule has 1 aliphatic heterocycles. The largest absolute Gasteiger partial charge is 0.497 e. The number of allylic oxidation sites excluding steroid dienone is 1. The van der Waals surface area contributed by atoms with Gasteiger partial charge in [0, 0.05) is 21.8 Å². The summed E-state index contributed by atoms with van der Waals surface area (Å²) in [7, 11) is 1.60. The van der Waals surface area contributed by atoms with Gasteiger partial charge in [-0.05, 0) is 40.8 Å². The van der Waals surface area contributed by atoms with Crippen LogP contribution in [0.25, 0.3) is 5.70 Å². The number of ether oxygens (including phenoxy) is 1. The first-order valence-corrected chi connectivity index (χ1v) is 7.90. The average molecular weight is 358 g/mol. The molecule has 1 aliphatic rings. The molecule has 6 nitrogen and oxygen atoms in total. The van der Waals surface area contributed by atoms with Crippen molar-refractivity contribution in [2.24, 2.45) is 0 Å². The minimum Gasteiger partial charge on any atom is -0.497 e. The number of hydrogen-bond donors (Lipinski definition) is 1. The number of anilines is 1. The van der Waals surface area contributed by atoms with Gasteiger partial charge >= 0.3 is 0 Å². The maximum atomic E-state index is 14.4. The molecule has 0 bridgehead atoms. The van der Waals surface area contributed by atoms with Gasteiger partial charge in [-0.1, -0.05) is 34.9 Å². The number of methoxy groups -OCH3 is 1. The first-order chi connectivity index (χ1) is 12.2. The average Bonchev–Trinajstić information content (AvgIpc) is 3.10.